The molecule has 80 valence electrons. The van der Waals surface area contributed by atoms with Gasteiger partial charge < -0.3 is 10.4 Å². The molecule has 4 atom stereocenters. The van der Waals surface area contributed by atoms with Crippen LogP contribution in [0.25, 0.3) is 0 Å². The molecule has 0 aromatic carbocycles. The molecule has 0 heterocycles. The Morgan fingerprint density at radius 1 is 1.38 bits per heavy atom. The van der Waals surface area contributed by atoms with Crippen LogP contribution in [-0.2, 0) is 10.8 Å². The Balaban J connectivity index is 3.61. The van der Waals surface area contributed by atoms with Gasteiger partial charge in [0.05, 0.1) is 6.10 Å². The van der Waals surface area contributed by atoms with Gasteiger partial charge in [0.1, 0.15) is 0 Å². The quantitative estimate of drug-likeness (QED) is 0.667. The average molecular weight is 207 g/mol. The van der Waals surface area contributed by atoms with Crippen molar-refractivity contribution < 1.29 is 9.32 Å². The minimum Gasteiger partial charge on any atom is -0.392 e. The monoisotopic (exact) mass is 207 g/mol. The summed E-state index contributed by atoms with van der Waals surface area (Å²) in [5.41, 5.74) is 0. The maximum Gasteiger partial charge on any atom is 0.0662 e. The number of aliphatic hydroxyl groups is 1. The van der Waals surface area contributed by atoms with E-state index in [1.165, 1.54) is 0 Å². The Morgan fingerprint density at radius 2 is 1.92 bits per heavy atom. The summed E-state index contributed by atoms with van der Waals surface area (Å²) in [6, 6.07) is 0.411. The third-order valence-corrected chi connectivity index (χ3v) is 2.92. The zero-order valence-electron chi connectivity index (χ0n) is 8.91. The van der Waals surface area contributed by atoms with Crippen LogP contribution < -0.4 is 5.32 Å². The second-order valence-electron chi connectivity index (χ2n) is 3.66. The van der Waals surface area contributed by atoms with E-state index >= 15 is 0 Å². The molecule has 0 radical (unpaired) electrons. The Hall–Kier alpha value is 0.0700. The van der Waals surface area contributed by atoms with Gasteiger partial charge in [-0.05, 0) is 27.2 Å². The van der Waals surface area contributed by atoms with Crippen LogP contribution in [-0.4, -0.2) is 39.5 Å². The van der Waals surface area contributed by atoms with Crippen molar-refractivity contribution in [3.8, 4) is 0 Å². The number of hydrogen-bond donors (Lipinski definition) is 2. The molecule has 0 aromatic rings. The highest BCUT2D eigenvalue weighted by atomic mass is 32.2. The van der Waals surface area contributed by atoms with Crippen LogP contribution in [0.2, 0.25) is 0 Å². The predicted octanol–water partition coefficient (Wildman–Crippen LogP) is 0.502. The van der Waals surface area contributed by atoms with Gasteiger partial charge in [-0.2, -0.15) is 0 Å². The zero-order chi connectivity index (χ0) is 10.4. The number of rotatable bonds is 6. The highest BCUT2D eigenvalue weighted by molar-refractivity contribution is 7.84. The predicted molar refractivity (Wildman–Crippen MR) is 57.3 cm³/mol. The molecule has 0 amide bonds. The molecule has 0 spiro atoms. The molecule has 0 aliphatic rings. The fourth-order valence-corrected chi connectivity index (χ4v) is 1.70. The third-order valence-electron chi connectivity index (χ3n) is 2.11. The van der Waals surface area contributed by atoms with Gasteiger partial charge in [0, 0.05) is 34.9 Å². The van der Waals surface area contributed by atoms with Crippen molar-refractivity contribution >= 4 is 10.8 Å². The molecule has 0 rings (SSSR count). The summed E-state index contributed by atoms with van der Waals surface area (Å²) < 4.78 is 10.8. The Kier molecular flexibility index (Phi) is 6.55. The SMILES string of the molecule is CC(CCS(C)=O)NC(C)C(C)O. The molecule has 13 heavy (non-hydrogen) atoms. The Morgan fingerprint density at radius 3 is 2.31 bits per heavy atom. The highest BCUT2D eigenvalue weighted by Crippen LogP contribution is 1.97. The zero-order valence-corrected chi connectivity index (χ0v) is 9.73. The average Bonchev–Trinajstić information content (AvgIpc) is 2.00. The highest BCUT2D eigenvalue weighted by Gasteiger charge is 2.11. The van der Waals surface area contributed by atoms with E-state index in [2.05, 4.69) is 5.32 Å². The summed E-state index contributed by atoms with van der Waals surface area (Å²) in [6.07, 6.45) is 2.26. The topological polar surface area (TPSA) is 49.3 Å². The first kappa shape index (κ1) is 13.1. The molecule has 2 N–H and O–H groups in total. The molecule has 4 heteroatoms. The van der Waals surface area contributed by atoms with Crippen molar-refractivity contribution in [1.29, 1.82) is 0 Å². The molecule has 0 aromatic heterocycles. The van der Waals surface area contributed by atoms with E-state index in [-0.39, 0.29) is 12.1 Å². The van der Waals surface area contributed by atoms with E-state index in [0.29, 0.717) is 6.04 Å². The van der Waals surface area contributed by atoms with E-state index < -0.39 is 10.8 Å². The summed E-state index contributed by atoms with van der Waals surface area (Å²) in [5.74, 6) is 0.723. The third kappa shape index (κ3) is 7.16. The van der Waals surface area contributed by atoms with E-state index in [1.807, 2.05) is 13.8 Å². The van der Waals surface area contributed by atoms with Crippen molar-refractivity contribution in [3.05, 3.63) is 0 Å². The maximum absolute atomic E-state index is 10.8. The van der Waals surface area contributed by atoms with Crippen LogP contribution in [0, 0.1) is 0 Å². The van der Waals surface area contributed by atoms with Crippen LogP contribution in [0.4, 0.5) is 0 Å². The molecule has 4 unspecified atom stereocenters. The van der Waals surface area contributed by atoms with Gasteiger partial charge in [0.25, 0.3) is 0 Å². The van der Waals surface area contributed by atoms with Crippen molar-refractivity contribution in [2.24, 2.45) is 0 Å². The van der Waals surface area contributed by atoms with Gasteiger partial charge in [-0.15, -0.1) is 0 Å². The van der Waals surface area contributed by atoms with Gasteiger partial charge in [-0.1, -0.05) is 0 Å². The minimum absolute atomic E-state index is 0.0975. The number of aliphatic hydroxyl groups excluding tert-OH is 1. The largest absolute Gasteiger partial charge is 0.392 e. The molecule has 0 saturated carbocycles. The second kappa shape index (κ2) is 6.51. The molecular formula is C9H21NO2S. The first-order valence-electron chi connectivity index (χ1n) is 4.67. The molecule has 0 aliphatic carbocycles. The lowest BCUT2D eigenvalue weighted by molar-refractivity contribution is 0.146. The number of nitrogens with one attached hydrogen (secondary N) is 1. The molecule has 0 fully saturated rings. The Bertz CT molecular complexity index is 162. The summed E-state index contributed by atoms with van der Waals surface area (Å²) >= 11 is 0. The summed E-state index contributed by atoms with van der Waals surface area (Å²) in [4.78, 5) is 0. The fraction of sp³-hybridized carbons (Fsp3) is 1.00. The van der Waals surface area contributed by atoms with Crippen molar-refractivity contribution in [1.82, 2.24) is 5.32 Å². The van der Waals surface area contributed by atoms with Crippen LogP contribution in [0.15, 0.2) is 0 Å². The lowest BCUT2D eigenvalue weighted by Crippen LogP contribution is -2.41. The van der Waals surface area contributed by atoms with Crippen LogP contribution in [0.5, 0.6) is 0 Å². The maximum atomic E-state index is 10.8. The lowest BCUT2D eigenvalue weighted by Gasteiger charge is -2.21. The summed E-state index contributed by atoms with van der Waals surface area (Å²) in [7, 11) is -0.714. The lowest BCUT2D eigenvalue weighted by atomic mass is 10.1. The normalized spacial score (nSPS) is 20.7. The van der Waals surface area contributed by atoms with Crippen molar-refractivity contribution in [3.63, 3.8) is 0 Å². The molecule has 0 saturated heterocycles. The van der Waals surface area contributed by atoms with Crippen molar-refractivity contribution in [2.45, 2.75) is 45.4 Å². The Labute approximate surface area is 83.4 Å². The summed E-state index contributed by atoms with van der Waals surface area (Å²) in [5, 5.41) is 12.5. The second-order valence-corrected chi connectivity index (χ2v) is 5.22. The molecule has 0 bridgehead atoms. The van der Waals surface area contributed by atoms with E-state index in [9.17, 15) is 9.32 Å². The first-order valence-corrected chi connectivity index (χ1v) is 6.40. The van der Waals surface area contributed by atoms with Gasteiger partial charge in [0.2, 0.25) is 0 Å². The van der Waals surface area contributed by atoms with E-state index in [0.717, 1.165) is 12.2 Å². The van der Waals surface area contributed by atoms with Gasteiger partial charge >= 0.3 is 0 Å². The van der Waals surface area contributed by atoms with Gasteiger partial charge in [0.15, 0.2) is 0 Å². The molecule has 0 aliphatic heterocycles. The summed E-state index contributed by atoms with van der Waals surface area (Å²) in [6.45, 7) is 5.76. The van der Waals surface area contributed by atoms with E-state index in [1.54, 1.807) is 13.2 Å². The van der Waals surface area contributed by atoms with E-state index in [4.69, 9.17) is 0 Å². The molecular weight excluding hydrogens is 186 g/mol. The number of hydrogen-bond acceptors (Lipinski definition) is 3. The van der Waals surface area contributed by atoms with Crippen LogP contribution in [0.1, 0.15) is 27.2 Å². The fourth-order valence-electron chi connectivity index (χ4n) is 1.01. The van der Waals surface area contributed by atoms with Crippen molar-refractivity contribution in [2.75, 3.05) is 12.0 Å². The first-order chi connectivity index (χ1) is 5.93. The van der Waals surface area contributed by atoms with Crippen LogP contribution >= 0.6 is 0 Å². The van der Waals surface area contributed by atoms with Crippen LogP contribution in [0.3, 0.4) is 0 Å². The minimum atomic E-state index is -0.714. The smallest absolute Gasteiger partial charge is 0.0662 e. The van der Waals surface area contributed by atoms with Gasteiger partial charge in [-0.25, -0.2) is 0 Å². The standard InChI is InChI=1S/C9H21NO2S/c1-7(5-6-13(4)12)10-8(2)9(3)11/h7-11H,5-6H2,1-4H3. The molecule has 3 nitrogen and oxygen atoms in total. The van der Waals surface area contributed by atoms with Gasteiger partial charge in [-0.3, -0.25) is 4.21 Å².